The smallest absolute Gasteiger partial charge is 0.241 e. The van der Waals surface area contributed by atoms with Gasteiger partial charge in [0.05, 0.1) is 18.3 Å². The van der Waals surface area contributed by atoms with Crippen molar-refractivity contribution < 1.29 is 9.53 Å². The van der Waals surface area contributed by atoms with Crippen LogP contribution in [0.4, 0.5) is 5.69 Å². The lowest BCUT2D eigenvalue weighted by Crippen LogP contribution is -2.45. The minimum atomic E-state index is -0.569. The van der Waals surface area contributed by atoms with Gasteiger partial charge in [-0.15, -0.1) is 0 Å². The molecule has 0 aliphatic rings. The third-order valence-corrected chi connectivity index (χ3v) is 2.93. The molecule has 0 fully saturated rings. The van der Waals surface area contributed by atoms with Gasteiger partial charge < -0.3 is 15.8 Å². The normalized spacial score (nSPS) is 13.2. The summed E-state index contributed by atoms with van der Waals surface area (Å²) < 4.78 is 5.71. The SMILES string of the molecule is CC(C)COc1ccccc1NC(=O)[C@@H](N)C(C)(C)C. The lowest BCUT2D eigenvalue weighted by Gasteiger charge is -2.26. The van der Waals surface area contributed by atoms with Crippen molar-refractivity contribution in [3.05, 3.63) is 24.3 Å². The number of nitrogens with one attached hydrogen (secondary N) is 1. The fourth-order valence-electron chi connectivity index (χ4n) is 1.56. The zero-order chi connectivity index (χ0) is 15.3. The third kappa shape index (κ3) is 4.85. The Kier molecular flexibility index (Phi) is 5.57. The molecule has 0 aliphatic heterocycles. The Morgan fingerprint density at radius 2 is 1.90 bits per heavy atom. The predicted octanol–water partition coefficient (Wildman–Crippen LogP) is 3.03. The molecule has 4 nitrogen and oxygen atoms in total. The van der Waals surface area contributed by atoms with E-state index in [0.717, 1.165) is 0 Å². The van der Waals surface area contributed by atoms with Crippen molar-refractivity contribution in [2.24, 2.45) is 17.1 Å². The summed E-state index contributed by atoms with van der Waals surface area (Å²) in [7, 11) is 0. The van der Waals surface area contributed by atoms with Gasteiger partial charge in [-0.2, -0.15) is 0 Å². The number of amides is 1. The molecule has 4 heteroatoms. The molecule has 112 valence electrons. The second-order valence-electron chi connectivity index (χ2n) is 6.53. The van der Waals surface area contributed by atoms with Crippen LogP contribution in [0, 0.1) is 11.3 Å². The van der Waals surface area contributed by atoms with E-state index in [1.807, 2.05) is 45.0 Å². The van der Waals surface area contributed by atoms with Crippen molar-refractivity contribution >= 4 is 11.6 Å². The van der Waals surface area contributed by atoms with Crippen molar-refractivity contribution in [1.29, 1.82) is 0 Å². The molecule has 0 aromatic heterocycles. The Labute approximate surface area is 121 Å². The molecule has 1 atom stereocenters. The molecule has 0 unspecified atom stereocenters. The van der Waals surface area contributed by atoms with Gasteiger partial charge >= 0.3 is 0 Å². The summed E-state index contributed by atoms with van der Waals surface area (Å²) in [5.41, 5.74) is 6.35. The summed E-state index contributed by atoms with van der Waals surface area (Å²) in [4.78, 5) is 12.2. The third-order valence-electron chi connectivity index (χ3n) is 2.93. The maximum atomic E-state index is 12.2. The number of hydrogen-bond donors (Lipinski definition) is 2. The van der Waals surface area contributed by atoms with Crippen molar-refractivity contribution in [1.82, 2.24) is 0 Å². The highest BCUT2D eigenvalue weighted by atomic mass is 16.5. The van der Waals surface area contributed by atoms with Crippen molar-refractivity contribution in [3.63, 3.8) is 0 Å². The molecule has 0 saturated heterocycles. The Morgan fingerprint density at radius 1 is 1.30 bits per heavy atom. The molecule has 0 heterocycles. The Hall–Kier alpha value is -1.55. The molecule has 20 heavy (non-hydrogen) atoms. The van der Waals surface area contributed by atoms with E-state index in [2.05, 4.69) is 19.2 Å². The van der Waals surface area contributed by atoms with Gasteiger partial charge in [-0.3, -0.25) is 4.79 Å². The van der Waals surface area contributed by atoms with Gasteiger partial charge in [-0.25, -0.2) is 0 Å². The highest BCUT2D eigenvalue weighted by molar-refractivity contribution is 5.96. The van der Waals surface area contributed by atoms with E-state index in [4.69, 9.17) is 10.5 Å². The van der Waals surface area contributed by atoms with E-state index in [-0.39, 0.29) is 11.3 Å². The topological polar surface area (TPSA) is 64.3 Å². The van der Waals surface area contributed by atoms with Crippen LogP contribution in [0.2, 0.25) is 0 Å². The lowest BCUT2D eigenvalue weighted by atomic mass is 9.87. The number of carbonyl (C=O) groups is 1. The molecule has 1 amide bonds. The van der Waals surface area contributed by atoms with Gasteiger partial charge in [0, 0.05) is 0 Å². The molecule has 1 rings (SSSR count). The number of anilines is 1. The minimum absolute atomic E-state index is 0.196. The van der Waals surface area contributed by atoms with Gasteiger partial charge in [0.1, 0.15) is 5.75 Å². The summed E-state index contributed by atoms with van der Waals surface area (Å²) in [6.07, 6.45) is 0. The highest BCUT2D eigenvalue weighted by Gasteiger charge is 2.27. The highest BCUT2D eigenvalue weighted by Crippen LogP contribution is 2.26. The monoisotopic (exact) mass is 278 g/mol. The number of hydrogen-bond acceptors (Lipinski definition) is 3. The van der Waals surface area contributed by atoms with Crippen LogP contribution in [0.3, 0.4) is 0 Å². The van der Waals surface area contributed by atoms with E-state index in [9.17, 15) is 4.79 Å². The molecule has 0 bridgehead atoms. The van der Waals surface area contributed by atoms with Gasteiger partial charge in [0.15, 0.2) is 0 Å². The number of rotatable bonds is 5. The molecular formula is C16H26N2O2. The van der Waals surface area contributed by atoms with E-state index in [0.29, 0.717) is 24.0 Å². The number of ether oxygens (including phenoxy) is 1. The molecule has 0 saturated carbocycles. The van der Waals surface area contributed by atoms with Crippen LogP contribution in [-0.4, -0.2) is 18.6 Å². The molecule has 1 aromatic carbocycles. The first-order valence-corrected chi connectivity index (χ1v) is 7.00. The maximum Gasteiger partial charge on any atom is 0.241 e. The summed E-state index contributed by atoms with van der Waals surface area (Å²) in [5.74, 6) is 0.907. The fourth-order valence-corrected chi connectivity index (χ4v) is 1.56. The van der Waals surface area contributed by atoms with E-state index in [1.54, 1.807) is 0 Å². The van der Waals surface area contributed by atoms with Crippen LogP contribution in [0.25, 0.3) is 0 Å². The lowest BCUT2D eigenvalue weighted by molar-refractivity contribution is -0.119. The first-order valence-electron chi connectivity index (χ1n) is 7.00. The van der Waals surface area contributed by atoms with Crippen LogP contribution in [0.15, 0.2) is 24.3 Å². The van der Waals surface area contributed by atoms with Crippen molar-refractivity contribution in [2.45, 2.75) is 40.7 Å². The average molecular weight is 278 g/mol. The second kappa shape index (κ2) is 6.75. The predicted molar refractivity (Wildman–Crippen MR) is 82.8 cm³/mol. The van der Waals surface area contributed by atoms with E-state index >= 15 is 0 Å². The van der Waals surface area contributed by atoms with Crippen LogP contribution in [0.1, 0.15) is 34.6 Å². The molecule has 1 aromatic rings. The second-order valence-corrected chi connectivity index (χ2v) is 6.53. The Bertz CT molecular complexity index is 450. The molecule has 3 N–H and O–H groups in total. The standard InChI is InChI=1S/C16H26N2O2/c1-11(2)10-20-13-9-7-6-8-12(13)18-15(19)14(17)16(3,4)5/h6-9,11,14H,10,17H2,1-5H3,(H,18,19)/t14-/m1/s1. The number of nitrogens with two attached hydrogens (primary N) is 1. The zero-order valence-corrected chi connectivity index (χ0v) is 13.1. The Balaban J connectivity index is 2.79. The first kappa shape index (κ1) is 16.5. The number of benzene rings is 1. The summed E-state index contributed by atoms with van der Waals surface area (Å²) >= 11 is 0. The van der Waals surface area contributed by atoms with Gasteiger partial charge in [-0.05, 0) is 23.5 Å². The Morgan fingerprint density at radius 3 is 2.45 bits per heavy atom. The van der Waals surface area contributed by atoms with Crippen LogP contribution in [0.5, 0.6) is 5.75 Å². The summed E-state index contributed by atoms with van der Waals surface area (Å²) in [5, 5.41) is 2.85. The average Bonchev–Trinajstić information content (AvgIpc) is 2.35. The quantitative estimate of drug-likeness (QED) is 0.870. The summed E-state index contributed by atoms with van der Waals surface area (Å²) in [6, 6.07) is 6.85. The van der Waals surface area contributed by atoms with Crippen molar-refractivity contribution in [3.8, 4) is 5.75 Å². The molecule has 0 spiro atoms. The maximum absolute atomic E-state index is 12.2. The van der Waals surface area contributed by atoms with Crippen LogP contribution in [-0.2, 0) is 4.79 Å². The van der Waals surface area contributed by atoms with E-state index in [1.165, 1.54) is 0 Å². The van der Waals surface area contributed by atoms with Crippen LogP contribution < -0.4 is 15.8 Å². The molecule has 0 radical (unpaired) electrons. The molecule has 0 aliphatic carbocycles. The van der Waals surface area contributed by atoms with Gasteiger partial charge in [0.25, 0.3) is 0 Å². The van der Waals surface area contributed by atoms with Gasteiger partial charge in [-0.1, -0.05) is 46.8 Å². The zero-order valence-electron chi connectivity index (χ0n) is 13.1. The fraction of sp³-hybridized carbons (Fsp3) is 0.562. The first-order chi connectivity index (χ1) is 9.21. The molecular weight excluding hydrogens is 252 g/mol. The van der Waals surface area contributed by atoms with Crippen molar-refractivity contribution in [2.75, 3.05) is 11.9 Å². The van der Waals surface area contributed by atoms with E-state index < -0.39 is 6.04 Å². The minimum Gasteiger partial charge on any atom is -0.491 e. The van der Waals surface area contributed by atoms with Crippen LogP contribution >= 0.6 is 0 Å². The largest absolute Gasteiger partial charge is 0.491 e. The number of carbonyl (C=O) groups excluding carboxylic acids is 1. The number of para-hydroxylation sites is 2. The summed E-state index contributed by atoms with van der Waals surface area (Å²) in [6.45, 7) is 10.6. The van der Waals surface area contributed by atoms with Gasteiger partial charge in [0.2, 0.25) is 5.91 Å².